The molecule has 1 aromatic rings. The van der Waals surface area contributed by atoms with Crippen LogP contribution in [0, 0.1) is 0 Å². The number of rotatable bonds is 3. The highest BCUT2D eigenvalue weighted by atomic mass is 16.5. The summed E-state index contributed by atoms with van der Waals surface area (Å²) in [5.74, 6) is 0.269. The second-order valence-corrected chi connectivity index (χ2v) is 7.77. The Labute approximate surface area is 149 Å². The van der Waals surface area contributed by atoms with Gasteiger partial charge in [-0.05, 0) is 58.9 Å². The number of amides is 2. The van der Waals surface area contributed by atoms with Crippen LogP contribution in [0.3, 0.4) is 0 Å². The number of ether oxygens (including phenoxy) is 1. The normalized spacial score (nSPS) is 17.2. The molecule has 0 aliphatic carbocycles. The van der Waals surface area contributed by atoms with Crippen molar-refractivity contribution in [2.75, 3.05) is 14.2 Å². The first-order valence-corrected chi connectivity index (χ1v) is 8.24. The standard InChI is InChI=1S/C19H27N3O3/c1-18(2,3)21-16(23)15-14(12-8-10-13(25-7)11-9-12)20-19(4,5)17(24)22(15)6/h8-11,20H,1-7H3,(H,21,23). The molecule has 136 valence electrons. The van der Waals surface area contributed by atoms with E-state index in [1.165, 1.54) is 4.90 Å². The monoisotopic (exact) mass is 345 g/mol. The molecule has 0 spiro atoms. The molecule has 25 heavy (non-hydrogen) atoms. The number of carbonyl (C=O) groups is 2. The molecule has 1 aliphatic rings. The number of likely N-dealkylation sites (N-methyl/N-ethyl adjacent to an activating group) is 1. The van der Waals surface area contributed by atoms with Gasteiger partial charge in [0.05, 0.1) is 12.8 Å². The molecular weight excluding hydrogens is 318 g/mol. The molecule has 0 radical (unpaired) electrons. The second-order valence-electron chi connectivity index (χ2n) is 7.77. The molecule has 1 aliphatic heterocycles. The van der Waals surface area contributed by atoms with Gasteiger partial charge in [-0.25, -0.2) is 0 Å². The van der Waals surface area contributed by atoms with Gasteiger partial charge in [0.15, 0.2) is 0 Å². The third-order valence-corrected chi connectivity index (χ3v) is 3.93. The van der Waals surface area contributed by atoms with Crippen molar-refractivity contribution in [3.05, 3.63) is 35.5 Å². The summed E-state index contributed by atoms with van der Waals surface area (Å²) in [5.41, 5.74) is 0.523. The first-order chi connectivity index (χ1) is 11.5. The van der Waals surface area contributed by atoms with Crippen LogP contribution in [0.5, 0.6) is 5.75 Å². The van der Waals surface area contributed by atoms with Gasteiger partial charge in [-0.3, -0.25) is 9.59 Å². The van der Waals surface area contributed by atoms with Gasteiger partial charge in [0.25, 0.3) is 11.8 Å². The maximum Gasteiger partial charge on any atom is 0.270 e. The molecule has 1 heterocycles. The molecule has 2 amide bonds. The van der Waals surface area contributed by atoms with Crippen LogP contribution in [0.2, 0.25) is 0 Å². The zero-order valence-corrected chi connectivity index (χ0v) is 16.0. The number of hydrogen-bond acceptors (Lipinski definition) is 4. The van der Waals surface area contributed by atoms with Crippen molar-refractivity contribution in [2.45, 2.75) is 45.7 Å². The molecule has 0 bridgehead atoms. The quantitative estimate of drug-likeness (QED) is 0.880. The van der Waals surface area contributed by atoms with Gasteiger partial charge in [-0.2, -0.15) is 0 Å². The topological polar surface area (TPSA) is 70.7 Å². The molecule has 0 atom stereocenters. The van der Waals surface area contributed by atoms with Gasteiger partial charge in [0.1, 0.15) is 17.0 Å². The highest BCUT2D eigenvalue weighted by Crippen LogP contribution is 2.29. The minimum absolute atomic E-state index is 0.163. The fourth-order valence-electron chi connectivity index (χ4n) is 2.75. The van der Waals surface area contributed by atoms with E-state index in [0.29, 0.717) is 11.4 Å². The van der Waals surface area contributed by atoms with Crippen LogP contribution in [0.25, 0.3) is 5.70 Å². The lowest BCUT2D eigenvalue weighted by Crippen LogP contribution is -2.59. The third kappa shape index (κ3) is 3.95. The number of nitrogens with zero attached hydrogens (tertiary/aromatic N) is 1. The Bertz CT molecular complexity index is 712. The van der Waals surface area contributed by atoms with Crippen LogP contribution in [-0.4, -0.2) is 41.9 Å². The number of carbonyl (C=O) groups excluding carboxylic acids is 2. The number of methoxy groups -OCH3 is 1. The van der Waals surface area contributed by atoms with Crippen molar-refractivity contribution in [1.29, 1.82) is 0 Å². The van der Waals surface area contributed by atoms with Crippen molar-refractivity contribution in [3.63, 3.8) is 0 Å². The Kier molecular flexibility index (Phi) is 4.84. The van der Waals surface area contributed by atoms with Crippen LogP contribution in [-0.2, 0) is 9.59 Å². The summed E-state index contributed by atoms with van der Waals surface area (Å²) in [6.07, 6.45) is 0. The van der Waals surface area contributed by atoms with E-state index in [4.69, 9.17) is 4.74 Å². The molecule has 0 fully saturated rings. The summed E-state index contributed by atoms with van der Waals surface area (Å²) >= 11 is 0. The summed E-state index contributed by atoms with van der Waals surface area (Å²) in [6.45, 7) is 9.31. The lowest BCUT2D eigenvalue weighted by Gasteiger charge is -2.40. The van der Waals surface area contributed by atoms with Crippen molar-refractivity contribution in [3.8, 4) is 5.75 Å². The SMILES string of the molecule is COc1ccc(C2=C(C(=O)NC(C)(C)C)N(C)C(=O)C(C)(C)N2)cc1. The van der Waals surface area contributed by atoms with Crippen LogP contribution in [0.4, 0.5) is 0 Å². The van der Waals surface area contributed by atoms with Crippen molar-refractivity contribution < 1.29 is 14.3 Å². The highest BCUT2D eigenvalue weighted by Gasteiger charge is 2.41. The van der Waals surface area contributed by atoms with E-state index in [2.05, 4.69) is 10.6 Å². The predicted molar refractivity (Wildman–Crippen MR) is 97.8 cm³/mol. The summed E-state index contributed by atoms with van der Waals surface area (Å²) in [5, 5.41) is 6.16. The van der Waals surface area contributed by atoms with Crippen LogP contribution >= 0.6 is 0 Å². The molecule has 0 saturated heterocycles. The first-order valence-electron chi connectivity index (χ1n) is 8.24. The van der Waals surface area contributed by atoms with Crippen molar-refractivity contribution in [2.24, 2.45) is 0 Å². The maximum atomic E-state index is 12.9. The lowest BCUT2D eigenvalue weighted by molar-refractivity contribution is -0.137. The Balaban J connectivity index is 2.58. The highest BCUT2D eigenvalue weighted by molar-refractivity contribution is 6.07. The second kappa shape index (κ2) is 6.43. The van der Waals surface area contributed by atoms with Gasteiger partial charge in [-0.1, -0.05) is 0 Å². The average Bonchev–Trinajstić information content (AvgIpc) is 2.50. The molecule has 0 saturated carbocycles. The van der Waals surface area contributed by atoms with Crippen molar-refractivity contribution in [1.82, 2.24) is 15.5 Å². The van der Waals surface area contributed by atoms with E-state index in [1.807, 2.05) is 45.0 Å². The van der Waals surface area contributed by atoms with Crippen LogP contribution in [0.15, 0.2) is 30.0 Å². The van der Waals surface area contributed by atoms with Gasteiger partial charge in [0, 0.05) is 18.2 Å². The first kappa shape index (κ1) is 18.8. The molecular formula is C19H27N3O3. The minimum atomic E-state index is -0.810. The molecule has 2 N–H and O–H groups in total. The number of nitrogens with one attached hydrogen (secondary N) is 2. The molecule has 0 aromatic heterocycles. The van der Waals surface area contributed by atoms with E-state index in [0.717, 1.165) is 11.3 Å². The summed E-state index contributed by atoms with van der Waals surface area (Å²) in [7, 11) is 3.23. The zero-order valence-electron chi connectivity index (χ0n) is 16.0. The van der Waals surface area contributed by atoms with E-state index >= 15 is 0 Å². The smallest absolute Gasteiger partial charge is 0.270 e. The largest absolute Gasteiger partial charge is 0.497 e. The predicted octanol–water partition coefficient (Wildman–Crippen LogP) is 2.12. The van der Waals surface area contributed by atoms with Gasteiger partial charge in [-0.15, -0.1) is 0 Å². The number of benzene rings is 1. The summed E-state index contributed by atoms with van der Waals surface area (Å²) in [4.78, 5) is 26.9. The molecule has 2 rings (SSSR count). The van der Waals surface area contributed by atoms with Crippen LogP contribution in [0.1, 0.15) is 40.2 Å². The third-order valence-electron chi connectivity index (χ3n) is 3.93. The Hall–Kier alpha value is -2.50. The van der Waals surface area contributed by atoms with Crippen LogP contribution < -0.4 is 15.4 Å². The lowest BCUT2D eigenvalue weighted by atomic mass is 9.95. The molecule has 6 heteroatoms. The fraction of sp³-hybridized carbons (Fsp3) is 0.474. The number of hydrogen-bond donors (Lipinski definition) is 2. The Morgan fingerprint density at radius 1 is 1.20 bits per heavy atom. The molecule has 0 unspecified atom stereocenters. The van der Waals surface area contributed by atoms with E-state index in [9.17, 15) is 9.59 Å². The summed E-state index contributed by atoms with van der Waals surface area (Å²) in [6, 6.07) is 7.38. The van der Waals surface area contributed by atoms with Gasteiger partial charge < -0.3 is 20.3 Å². The maximum absolute atomic E-state index is 12.9. The van der Waals surface area contributed by atoms with Gasteiger partial charge in [0.2, 0.25) is 0 Å². The van der Waals surface area contributed by atoms with E-state index in [-0.39, 0.29) is 11.8 Å². The Morgan fingerprint density at radius 3 is 2.24 bits per heavy atom. The van der Waals surface area contributed by atoms with Crippen molar-refractivity contribution >= 4 is 17.5 Å². The molecule has 1 aromatic carbocycles. The van der Waals surface area contributed by atoms with E-state index in [1.54, 1.807) is 28.0 Å². The minimum Gasteiger partial charge on any atom is -0.497 e. The van der Waals surface area contributed by atoms with Gasteiger partial charge >= 0.3 is 0 Å². The fourth-order valence-corrected chi connectivity index (χ4v) is 2.75. The molecule has 6 nitrogen and oxygen atoms in total. The summed E-state index contributed by atoms with van der Waals surface area (Å²) < 4.78 is 5.20. The Morgan fingerprint density at radius 2 is 1.76 bits per heavy atom. The van der Waals surface area contributed by atoms with E-state index < -0.39 is 11.1 Å². The average molecular weight is 345 g/mol. The zero-order chi connectivity index (χ0) is 19.0.